The molecule has 0 heterocycles. The van der Waals surface area contributed by atoms with Crippen LogP contribution in [0.5, 0.6) is 0 Å². The van der Waals surface area contributed by atoms with Crippen LogP contribution in [0.4, 0.5) is 0 Å². The van der Waals surface area contributed by atoms with Crippen LogP contribution in [0.15, 0.2) is 0 Å². The van der Waals surface area contributed by atoms with Gasteiger partial charge in [-0.3, -0.25) is 10.6 Å². The van der Waals surface area contributed by atoms with Crippen molar-refractivity contribution < 1.29 is 17.7 Å². The van der Waals surface area contributed by atoms with Gasteiger partial charge in [-0.15, -0.1) is 0 Å². The highest BCUT2D eigenvalue weighted by Crippen LogP contribution is 2.13. The molecule has 8 nitrogen and oxygen atoms in total. The molecule has 2 atom stereocenters. The lowest BCUT2D eigenvalue weighted by molar-refractivity contribution is 0.172. The fourth-order valence-corrected chi connectivity index (χ4v) is 7.35. The molecule has 10 heteroatoms. The first-order chi connectivity index (χ1) is 13.3. The average Bonchev–Trinajstić information content (AvgIpc) is 2.64. The van der Waals surface area contributed by atoms with Crippen LogP contribution in [0.25, 0.3) is 0 Å². The highest BCUT2D eigenvalue weighted by molar-refractivity contribution is 6.48. The van der Waals surface area contributed by atoms with E-state index in [1.165, 1.54) is 0 Å². The van der Waals surface area contributed by atoms with Crippen molar-refractivity contribution in [2.24, 2.45) is 11.5 Å². The summed E-state index contributed by atoms with van der Waals surface area (Å²) in [5.74, 6) is 0. The Balaban J connectivity index is 0. The van der Waals surface area contributed by atoms with Crippen LogP contribution in [0.1, 0.15) is 67.2 Å². The number of hydrogen-bond acceptors (Lipinski definition) is 8. The van der Waals surface area contributed by atoms with E-state index in [4.69, 9.17) is 29.2 Å². The van der Waals surface area contributed by atoms with E-state index in [2.05, 4.69) is 31.4 Å². The second-order valence-corrected chi connectivity index (χ2v) is 11.7. The van der Waals surface area contributed by atoms with Crippen LogP contribution in [0, 0.1) is 0 Å². The zero-order chi connectivity index (χ0) is 22.1. The fourth-order valence-electron chi connectivity index (χ4n) is 3.23. The van der Waals surface area contributed by atoms with Gasteiger partial charge in [-0.05, 0) is 39.8 Å². The molecule has 0 aromatic carbocycles. The predicted octanol–water partition coefficient (Wildman–Crippen LogP) is 0.987. The predicted molar refractivity (Wildman–Crippen MR) is 123 cm³/mol. The highest BCUT2D eigenvalue weighted by Gasteiger charge is 2.38. The third-order valence-electron chi connectivity index (χ3n) is 4.24. The number of nitrogens with one attached hydrogen (secondary N) is 2. The van der Waals surface area contributed by atoms with Crippen LogP contribution >= 0.6 is 0 Å². The van der Waals surface area contributed by atoms with E-state index >= 15 is 0 Å². The van der Waals surface area contributed by atoms with Crippen molar-refractivity contribution in [3.63, 3.8) is 0 Å². The van der Waals surface area contributed by atoms with E-state index < -0.39 is 29.1 Å². The number of nitrogens with two attached hydrogens (primary N) is 2. The molecule has 172 valence electrons. The molecule has 0 aliphatic carbocycles. The van der Waals surface area contributed by atoms with Gasteiger partial charge in [0.2, 0.25) is 0 Å². The van der Waals surface area contributed by atoms with Gasteiger partial charge in [0, 0.05) is 27.4 Å². The largest absolute Gasteiger partial charge is 0.398 e. The molecule has 0 fully saturated rings. The Morgan fingerprint density at radius 2 is 1.04 bits per heavy atom. The maximum Gasteiger partial charge on any atom is 0.357 e. The molecule has 0 amide bonds. The second-order valence-electron chi connectivity index (χ2n) is 6.69. The summed E-state index contributed by atoms with van der Waals surface area (Å²) >= 11 is 0. The normalized spacial score (nSPS) is 15.9. The first kappa shape index (κ1) is 30.3. The summed E-state index contributed by atoms with van der Waals surface area (Å²) in [5, 5.41) is 5.70. The molecular formula is C18H48N4O4Si2. The van der Waals surface area contributed by atoms with Crippen molar-refractivity contribution in [3.05, 3.63) is 0 Å². The Morgan fingerprint density at radius 3 is 1.29 bits per heavy atom. The van der Waals surface area contributed by atoms with Crippen LogP contribution in [0.3, 0.4) is 0 Å². The topological polar surface area (TPSA) is 113 Å². The van der Waals surface area contributed by atoms with Crippen LogP contribution in [-0.4, -0.2) is 69.7 Å². The fraction of sp³-hybridized carbons (Fsp3) is 1.00. The first-order valence-corrected chi connectivity index (χ1v) is 13.7. The van der Waals surface area contributed by atoms with Gasteiger partial charge >= 0.3 is 18.6 Å². The van der Waals surface area contributed by atoms with E-state index in [9.17, 15) is 0 Å². The molecule has 0 saturated heterocycles. The lowest BCUT2D eigenvalue weighted by atomic mass is 10.3. The molecule has 28 heavy (non-hydrogen) atoms. The van der Waals surface area contributed by atoms with Crippen molar-refractivity contribution in [1.29, 1.82) is 0 Å². The summed E-state index contributed by atoms with van der Waals surface area (Å²) in [7, 11) is -0.300. The first-order valence-electron chi connectivity index (χ1n) is 10.6. The molecule has 2 unspecified atom stereocenters. The van der Waals surface area contributed by atoms with Crippen molar-refractivity contribution in [2.75, 3.05) is 40.5 Å². The second kappa shape index (κ2) is 17.9. The van der Waals surface area contributed by atoms with E-state index in [1.54, 1.807) is 14.2 Å². The molecule has 6 N–H and O–H groups in total. The zero-order valence-electron chi connectivity index (χ0n) is 19.6. The minimum Gasteiger partial charge on any atom is -0.398 e. The molecule has 0 saturated carbocycles. The molecule has 0 aliphatic rings. The third kappa shape index (κ3) is 11.3. The third-order valence-corrected chi connectivity index (χ3v) is 9.04. The van der Waals surface area contributed by atoms with Gasteiger partial charge in [-0.1, -0.05) is 40.5 Å². The number of hydrogen-bond donors (Lipinski definition) is 4. The summed E-state index contributed by atoms with van der Waals surface area (Å²) in [5.41, 5.74) is 12.5. The standard InChI is InChI=1S/C10H26N2O2Si.C8H22N2O2Si/c1-5-9-10(11,12-6-2)15(13-7-3)14-8-4;1-5-7-8(9,10-6-2)13(11-3)12-4/h12,15H,5-9,11H2,1-4H3;10,13H,5-7,9H2,1-4H3. The summed E-state index contributed by atoms with van der Waals surface area (Å²) < 4.78 is 22.0. The Labute approximate surface area is 177 Å². The van der Waals surface area contributed by atoms with E-state index in [-0.39, 0.29) is 0 Å². The summed E-state index contributed by atoms with van der Waals surface area (Å²) in [6.07, 6.45) is 3.85. The summed E-state index contributed by atoms with van der Waals surface area (Å²) in [4.78, 5) is 0. The molecule has 0 aliphatic heterocycles. The SMILES string of the molecule is CCCC(N)(NCC)[SiH](OC)OC.CCCC(N)(NCC)[SiH](OCC)OCC. The lowest BCUT2D eigenvalue weighted by Gasteiger charge is -2.35. The summed E-state index contributed by atoms with van der Waals surface area (Å²) in [6, 6.07) is 0. The number of rotatable bonds is 16. The van der Waals surface area contributed by atoms with Crippen molar-refractivity contribution in [3.8, 4) is 0 Å². The zero-order valence-corrected chi connectivity index (χ0v) is 21.9. The Bertz CT molecular complexity index is 336. The van der Waals surface area contributed by atoms with Gasteiger partial charge in [-0.25, -0.2) is 0 Å². The van der Waals surface area contributed by atoms with Gasteiger partial charge in [0.1, 0.15) is 10.6 Å². The highest BCUT2D eigenvalue weighted by atomic mass is 28.3. The Hall–Kier alpha value is 0.114. The monoisotopic (exact) mass is 440 g/mol. The van der Waals surface area contributed by atoms with Crippen LogP contribution < -0.4 is 22.1 Å². The van der Waals surface area contributed by atoms with Gasteiger partial charge in [-0.2, -0.15) is 0 Å². The quantitative estimate of drug-likeness (QED) is 0.208. The molecule has 0 spiro atoms. The molecule has 0 aromatic heterocycles. The van der Waals surface area contributed by atoms with E-state index in [0.717, 1.165) is 38.8 Å². The lowest BCUT2D eigenvalue weighted by Crippen LogP contribution is -2.66. The average molecular weight is 441 g/mol. The molecule has 0 radical (unpaired) electrons. The van der Waals surface area contributed by atoms with Crippen molar-refractivity contribution in [2.45, 2.75) is 77.8 Å². The summed E-state index contributed by atoms with van der Waals surface area (Å²) in [6.45, 7) is 15.3. The molecule has 0 rings (SSSR count). The minimum absolute atomic E-state index is 0.435. The molecule has 0 aromatic rings. The minimum atomic E-state index is -1.83. The molecule has 0 bridgehead atoms. The van der Waals surface area contributed by atoms with Crippen LogP contribution in [-0.2, 0) is 17.7 Å². The molecular weight excluding hydrogens is 392 g/mol. The van der Waals surface area contributed by atoms with E-state index in [0.29, 0.717) is 13.2 Å². The maximum atomic E-state index is 6.34. The smallest absolute Gasteiger partial charge is 0.357 e. The Morgan fingerprint density at radius 1 is 0.679 bits per heavy atom. The van der Waals surface area contributed by atoms with Crippen molar-refractivity contribution >= 4 is 18.6 Å². The van der Waals surface area contributed by atoms with Gasteiger partial charge < -0.3 is 29.2 Å². The van der Waals surface area contributed by atoms with Crippen molar-refractivity contribution in [1.82, 2.24) is 10.6 Å². The van der Waals surface area contributed by atoms with Crippen LogP contribution in [0.2, 0.25) is 0 Å². The van der Waals surface area contributed by atoms with E-state index in [1.807, 2.05) is 20.8 Å². The van der Waals surface area contributed by atoms with Gasteiger partial charge in [0.05, 0.1) is 0 Å². The van der Waals surface area contributed by atoms with Gasteiger partial charge in [0.15, 0.2) is 0 Å². The van der Waals surface area contributed by atoms with Gasteiger partial charge in [0.25, 0.3) is 0 Å². The Kier molecular flexibility index (Phi) is 19.4. The maximum absolute atomic E-state index is 6.34.